The molecular formula is C37H62. The SMILES string of the molecule is C.C.CC(C)C1=CCC(C(C)C)=C1.CC(C)c1ccc(C(C)C)cc1.CC(C)c1cccc(C(C)C)c1. The smallest absolute Gasteiger partial charge is 0.0127 e. The molecule has 0 amide bonds. The van der Waals surface area contributed by atoms with Crippen LogP contribution in [0.25, 0.3) is 0 Å². The van der Waals surface area contributed by atoms with E-state index in [4.69, 9.17) is 0 Å². The zero-order chi connectivity index (χ0) is 26.7. The van der Waals surface area contributed by atoms with E-state index in [0.717, 1.165) is 5.92 Å². The summed E-state index contributed by atoms with van der Waals surface area (Å²) in [6.45, 7) is 26.9. The van der Waals surface area contributed by atoms with Crippen molar-refractivity contribution in [3.8, 4) is 0 Å². The fourth-order valence-corrected chi connectivity index (χ4v) is 3.92. The summed E-state index contributed by atoms with van der Waals surface area (Å²) in [5.41, 5.74) is 8.86. The van der Waals surface area contributed by atoms with Crippen LogP contribution in [-0.2, 0) is 0 Å². The maximum atomic E-state index is 2.37. The Labute approximate surface area is 233 Å². The van der Waals surface area contributed by atoms with Gasteiger partial charge in [-0.25, -0.2) is 0 Å². The van der Waals surface area contributed by atoms with Gasteiger partial charge in [0, 0.05) is 0 Å². The first-order valence-electron chi connectivity index (χ1n) is 13.9. The predicted octanol–water partition coefficient (Wildman–Crippen LogP) is 12.7. The molecule has 3 rings (SSSR count). The normalized spacial score (nSPS) is 12.5. The number of hydrogen-bond acceptors (Lipinski definition) is 0. The van der Waals surface area contributed by atoms with Crippen LogP contribution in [0.1, 0.15) is 150 Å². The van der Waals surface area contributed by atoms with E-state index >= 15 is 0 Å². The Morgan fingerprint density at radius 3 is 1.08 bits per heavy atom. The third-order valence-electron chi connectivity index (χ3n) is 6.85. The van der Waals surface area contributed by atoms with Crippen molar-refractivity contribution in [3.05, 3.63) is 94.1 Å². The second kappa shape index (κ2) is 18.2. The zero-order valence-corrected chi connectivity index (χ0v) is 24.9. The van der Waals surface area contributed by atoms with E-state index in [1.807, 2.05) is 0 Å². The Morgan fingerprint density at radius 2 is 0.838 bits per heavy atom. The summed E-state index contributed by atoms with van der Waals surface area (Å²) in [5, 5.41) is 0. The molecule has 0 heterocycles. The van der Waals surface area contributed by atoms with Crippen LogP contribution in [0.3, 0.4) is 0 Å². The summed E-state index contributed by atoms with van der Waals surface area (Å²) in [4.78, 5) is 0. The number of allylic oxidation sites excluding steroid dienone is 4. The van der Waals surface area contributed by atoms with E-state index in [0.29, 0.717) is 29.6 Å². The average molecular weight is 507 g/mol. The highest BCUT2D eigenvalue weighted by molar-refractivity contribution is 5.34. The van der Waals surface area contributed by atoms with E-state index in [-0.39, 0.29) is 14.9 Å². The number of benzene rings is 2. The molecule has 0 fully saturated rings. The zero-order valence-electron chi connectivity index (χ0n) is 24.9. The van der Waals surface area contributed by atoms with Crippen LogP contribution in [0.15, 0.2) is 71.8 Å². The first-order chi connectivity index (χ1) is 16.3. The fourth-order valence-electron chi connectivity index (χ4n) is 3.92. The Bertz CT molecular complexity index is 865. The maximum Gasteiger partial charge on any atom is -0.0127 e. The lowest BCUT2D eigenvalue weighted by Gasteiger charge is -2.09. The van der Waals surface area contributed by atoms with Gasteiger partial charge in [0.2, 0.25) is 0 Å². The lowest BCUT2D eigenvalue weighted by atomic mass is 9.96. The molecule has 0 unspecified atom stereocenters. The van der Waals surface area contributed by atoms with Crippen molar-refractivity contribution in [2.75, 3.05) is 0 Å². The van der Waals surface area contributed by atoms with Gasteiger partial charge in [-0.15, -0.1) is 0 Å². The first-order valence-corrected chi connectivity index (χ1v) is 13.9. The van der Waals surface area contributed by atoms with E-state index in [2.05, 4.69) is 144 Å². The van der Waals surface area contributed by atoms with Gasteiger partial charge in [0.1, 0.15) is 0 Å². The minimum Gasteiger partial charge on any atom is -0.0776 e. The van der Waals surface area contributed by atoms with Gasteiger partial charge < -0.3 is 0 Å². The van der Waals surface area contributed by atoms with Gasteiger partial charge in [-0.3, -0.25) is 0 Å². The van der Waals surface area contributed by atoms with Gasteiger partial charge in [-0.2, -0.15) is 0 Å². The second-order valence-electron chi connectivity index (χ2n) is 11.9. The molecule has 2 aromatic carbocycles. The molecule has 0 spiro atoms. The molecule has 37 heavy (non-hydrogen) atoms. The van der Waals surface area contributed by atoms with Crippen molar-refractivity contribution in [2.24, 2.45) is 11.8 Å². The van der Waals surface area contributed by atoms with Gasteiger partial charge in [0.05, 0.1) is 0 Å². The van der Waals surface area contributed by atoms with E-state index in [9.17, 15) is 0 Å². The van der Waals surface area contributed by atoms with Crippen molar-refractivity contribution >= 4 is 0 Å². The second-order valence-corrected chi connectivity index (χ2v) is 11.9. The minimum atomic E-state index is 0. The molecule has 1 aliphatic carbocycles. The predicted molar refractivity (Wildman–Crippen MR) is 173 cm³/mol. The molecule has 0 N–H and O–H groups in total. The van der Waals surface area contributed by atoms with Crippen molar-refractivity contribution < 1.29 is 0 Å². The number of hydrogen-bond donors (Lipinski definition) is 0. The Morgan fingerprint density at radius 1 is 0.459 bits per heavy atom. The topological polar surface area (TPSA) is 0 Å². The van der Waals surface area contributed by atoms with Crippen molar-refractivity contribution in [3.63, 3.8) is 0 Å². The highest BCUT2D eigenvalue weighted by Gasteiger charge is 2.11. The molecule has 1 aliphatic rings. The van der Waals surface area contributed by atoms with Crippen LogP contribution in [-0.4, -0.2) is 0 Å². The third kappa shape index (κ3) is 13.3. The molecule has 0 aliphatic heterocycles. The summed E-state index contributed by atoms with van der Waals surface area (Å²) in [7, 11) is 0. The van der Waals surface area contributed by atoms with Crippen LogP contribution < -0.4 is 0 Å². The van der Waals surface area contributed by atoms with Crippen LogP contribution in [0.5, 0.6) is 0 Å². The van der Waals surface area contributed by atoms with Crippen molar-refractivity contribution in [2.45, 2.75) is 128 Å². The average Bonchev–Trinajstić information content (AvgIpc) is 3.31. The van der Waals surface area contributed by atoms with Crippen LogP contribution in [0.2, 0.25) is 0 Å². The highest BCUT2D eigenvalue weighted by Crippen LogP contribution is 2.27. The Kier molecular flexibility index (Phi) is 18.3. The van der Waals surface area contributed by atoms with Gasteiger partial charge in [0.25, 0.3) is 0 Å². The lowest BCUT2D eigenvalue weighted by molar-refractivity contribution is 0.751. The standard InChI is InChI=1S/2C12H18.C11H18.2CH4/c1-9(2)11-5-7-12(8-6-11)10(3)4;1-9(2)11-6-5-7-12(8-11)10(3)4;1-8(2)10-5-6-11(7-10)9(3)4;;/h2*5-10H,1-4H3;5,7-9H,6H2,1-4H3;2*1H4. The third-order valence-corrected chi connectivity index (χ3v) is 6.85. The molecule has 2 aromatic rings. The summed E-state index contributed by atoms with van der Waals surface area (Å²) >= 11 is 0. The molecule has 0 bridgehead atoms. The summed E-state index contributed by atoms with van der Waals surface area (Å²) in [6.07, 6.45) is 5.92. The van der Waals surface area contributed by atoms with Crippen molar-refractivity contribution in [1.82, 2.24) is 0 Å². The molecule has 0 heteroatoms. The quantitative estimate of drug-likeness (QED) is 0.365. The monoisotopic (exact) mass is 506 g/mol. The van der Waals surface area contributed by atoms with Crippen LogP contribution in [0, 0.1) is 11.8 Å². The van der Waals surface area contributed by atoms with E-state index in [1.165, 1.54) is 34.2 Å². The van der Waals surface area contributed by atoms with Gasteiger partial charge in [-0.05, 0) is 69.8 Å². The molecule has 0 saturated carbocycles. The van der Waals surface area contributed by atoms with Crippen LogP contribution >= 0.6 is 0 Å². The Hall–Kier alpha value is -2.08. The van der Waals surface area contributed by atoms with Crippen molar-refractivity contribution in [1.29, 1.82) is 0 Å². The first kappa shape index (κ1) is 37.1. The van der Waals surface area contributed by atoms with E-state index in [1.54, 1.807) is 5.57 Å². The fraction of sp³-hybridized carbons (Fsp3) is 0.568. The molecule has 0 radical (unpaired) electrons. The minimum absolute atomic E-state index is 0. The Balaban J connectivity index is 0. The number of rotatable bonds is 6. The highest BCUT2D eigenvalue weighted by atomic mass is 14.2. The molecule has 0 nitrogen and oxygen atoms in total. The van der Waals surface area contributed by atoms with Gasteiger partial charge >= 0.3 is 0 Å². The van der Waals surface area contributed by atoms with Crippen LogP contribution in [0.4, 0.5) is 0 Å². The largest absolute Gasteiger partial charge is 0.0776 e. The molecule has 0 saturated heterocycles. The maximum absolute atomic E-state index is 2.37. The molecular weight excluding hydrogens is 444 g/mol. The summed E-state index contributed by atoms with van der Waals surface area (Å²) < 4.78 is 0. The molecule has 0 atom stereocenters. The summed E-state index contributed by atoms with van der Waals surface area (Å²) in [5.74, 6) is 4.00. The summed E-state index contributed by atoms with van der Waals surface area (Å²) in [6, 6.07) is 17.8. The van der Waals surface area contributed by atoms with Gasteiger partial charge in [-0.1, -0.05) is 164 Å². The van der Waals surface area contributed by atoms with Gasteiger partial charge in [0.15, 0.2) is 0 Å². The molecule has 210 valence electrons. The molecule has 0 aromatic heterocycles. The lowest BCUT2D eigenvalue weighted by Crippen LogP contribution is -1.91. The van der Waals surface area contributed by atoms with E-state index < -0.39 is 0 Å².